The SMILES string of the molecule is COc1ccccc1[C@H]1[C@@H](C(=O)c2ccccc2)N2c3ccccc3C=C[C@H]2C1(C#N)C#N. The highest BCUT2D eigenvalue weighted by Gasteiger charge is 2.63. The van der Waals surface area contributed by atoms with Crippen LogP contribution in [-0.4, -0.2) is 25.0 Å². The van der Waals surface area contributed by atoms with Gasteiger partial charge in [0.25, 0.3) is 0 Å². The van der Waals surface area contributed by atoms with Crippen molar-refractivity contribution in [2.45, 2.75) is 18.0 Å². The topological polar surface area (TPSA) is 77.1 Å². The van der Waals surface area contributed by atoms with Crippen molar-refractivity contribution >= 4 is 17.5 Å². The lowest BCUT2D eigenvalue weighted by Crippen LogP contribution is -2.44. The van der Waals surface area contributed by atoms with Crippen molar-refractivity contribution in [1.29, 1.82) is 10.5 Å². The summed E-state index contributed by atoms with van der Waals surface area (Å²) in [5.74, 6) is -0.300. The summed E-state index contributed by atoms with van der Waals surface area (Å²) in [6.07, 6.45) is 3.82. The maximum atomic E-state index is 14.1. The number of para-hydroxylation sites is 2. The van der Waals surface area contributed by atoms with Crippen molar-refractivity contribution in [3.05, 3.63) is 102 Å². The van der Waals surface area contributed by atoms with Gasteiger partial charge >= 0.3 is 0 Å². The molecule has 5 nitrogen and oxygen atoms in total. The zero-order valence-corrected chi connectivity index (χ0v) is 18.1. The molecule has 160 valence electrons. The Morgan fingerprint density at radius 3 is 2.33 bits per heavy atom. The molecule has 0 saturated carbocycles. The highest BCUT2D eigenvalue weighted by Crippen LogP contribution is 2.56. The van der Waals surface area contributed by atoms with Crippen molar-refractivity contribution < 1.29 is 9.53 Å². The molecule has 0 bridgehead atoms. The van der Waals surface area contributed by atoms with Gasteiger partial charge < -0.3 is 9.64 Å². The Morgan fingerprint density at radius 1 is 0.939 bits per heavy atom. The number of benzene rings is 3. The molecule has 2 aliphatic rings. The molecule has 3 aromatic rings. The van der Waals surface area contributed by atoms with Crippen molar-refractivity contribution in [3.8, 4) is 17.9 Å². The van der Waals surface area contributed by atoms with E-state index in [1.807, 2.05) is 77.7 Å². The zero-order valence-electron chi connectivity index (χ0n) is 18.1. The standard InChI is InChI=1S/C28H21N3O2/c1-33-23-14-8-6-12-21(23)25-26(27(32)20-10-3-2-4-11-20)31-22-13-7-5-9-19(22)15-16-24(31)28(25,17-29)18-30/h2-16,24-26H,1H3/t24-,25-,26-/m0/s1. The van der Waals surface area contributed by atoms with Gasteiger partial charge in [0, 0.05) is 22.7 Å². The van der Waals surface area contributed by atoms with Crippen molar-refractivity contribution in [1.82, 2.24) is 0 Å². The monoisotopic (exact) mass is 431 g/mol. The first-order chi connectivity index (χ1) is 16.2. The fourth-order valence-corrected chi connectivity index (χ4v) is 5.27. The summed E-state index contributed by atoms with van der Waals surface area (Å²) >= 11 is 0. The van der Waals surface area contributed by atoms with Crippen LogP contribution in [0.4, 0.5) is 5.69 Å². The minimum absolute atomic E-state index is 0.131. The summed E-state index contributed by atoms with van der Waals surface area (Å²) in [5, 5.41) is 21.0. The van der Waals surface area contributed by atoms with Crippen LogP contribution >= 0.6 is 0 Å². The zero-order chi connectivity index (χ0) is 23.0. The number of carbonyl (C=O) groups excluding carboxylic acids is 1. The van der Waals surface area contributed by atoms with E-state index in [2.05, 4.69) is 12.1 Å². The Kier molecular flexibility index (Phi) is 4.96. The maximum Gasteiger partial charge on any atom is 0.185 e. The average Bonchev–Trinajstić information content (AvgIpc) is 3.19. The van der Waals surface area contributed by atoms with E-state index in [1.54, 1.807) is 25.3 Å². The van der Waals surface area contributed by atoms with Gasteiger partial charge in [0.1, 0.15) is 11.8 Å². The molecule has 0 spiro atoms. The minimum Gasteiger partial charge on any atom is -0.496 e. The number of ether oxygens (including phenoxy) is 1. The highest BCUT2D eigenvalue weighted by atomic mass is 16.5. The van der Waals surface area contributed by atoms with E-state index in [0.29, 0.717) is 16.9 Å². The third-order valence-electron chi connectivity index (χ3n) is 6.72. The number of hydrogen-bond acceptors (Lipinski definition) is 5. The fraction of sp³-hybridized carbons (Fsp3) is 0.179. The van der Waals surface area contributed by atoms with Crippen LogP contribution < -0.4 is 9.64 Å². The molecule has 0 unspecified atom stereocenters. The number of Topliss-reactive ketones (excluding diaryl/α,β-unsaturated/α-hetero) is 1. The van der Waals surface area contributed by atoms with Gasteiger partial charge in [-0.2, -0.15) is 10.5 Å². The maximum absolute atomic E-state index is 14.1. The molecule has 0 aliphatic carbocycles. The van der Waals surface area contributed by atoms with E-state index in [9.17, 15) is 15.3 Å². The number of anilines is 1. The molecule has 0 radical (unpaired) electrons. The molecule has 3 aromatic carbocycles. The van der Waals surface area contributed by atoms with E-state index < -0.39 is 23.4 Å². The van der Waals surface area contributed by atoms with Gasteiger partial charge in [0.15, 0.2) is 11.2 Å². The van der Waals surface area contributed by atoms with Crippen LogP contribution in [0.5, 0.6) is 5.75 Å². The van der Waals surface area contributed by atoms with Crippen LogP contribution in [0.3, 0.4) is 0 Å². The largest absolute Gasteiger partial charge is 0.496 e. The van der Waals surface area contributed by atoms with Gasteiger partial charge in [-0.05, 0) is 17.7 Å². The molecule has 5 heteroatoms. The second kappa shape index (κ2) is 7.97. The summed E-state index contributed by atoms with van der Waals surface area (Å²) < 4.78 is 5.63. The van der Waals surface area contributed by atoms with Crippen molar-refractivity contribution in [2.24, 2.45) is 5.41 Å². The lowest BCUT2D eigenvalue weighted by molar-refractivity contribution is 0.0950. The Labute approximate surface area is 192 Å². The van der Waals surface area contributed by atoms with Gasteiger partial charge in [0.2, 0.25) is 0 Å². The lowest BCUT2D eigenvalue weighted by Gasteiger charge is -2.35. The fourth-order valence-electron chi connectivity index (χ4n) is 5.27. The van der Waals surface area contributed by atoms with Gasteiger partial charge in [-0.1, -0.05) is 78.9 Å². The van der Waals surface area contributed by atoms with E-state index in [0.717, 1.165) is 11.3 Å². The molecule has 1 saturated heterocycles. The summed E-state index contributed by atoms with van der Waals surface area (Å²) in [5.41, 5.74) is 1.52. The summed E-state index contributed by atoms with van der Waals surface area (Å²) in [4.78, 5) is 16.1. The van der Waals surface area contributed by atoms with Crippen molar-refractivity contribution in [2.75, 3.05) is 12.0 Å². The molecule has 0 aromatic heterocycles. The van der Waals surface area contributed by atoms with E-state index in [1.165, 1.54) is 0 Å². The molecular formula is C28H21N3O2. The van der Waals surface area contributed by atoms with E-state index in [4.69, 9.17) is 4.74 Å². The minimum atomic E-state index is -1.49. The smallest absolute Gasteiger partial charge is 0.185 e. The van der Waals surface area contributed by atoms with Crippen LogP contribution in [-0.2, 0) is 0 Å². The summed E-state index contributed by atoms with van der Waals surface area (Å²) in [6.45, 7) is 0. The molecule has 5 rings (SSSR count). The number of methoxy groups -OCH3 is 1. The predicted molar refractivity (Wildman–Crippen MR) is 126 cm³/mol. The summed E-state index contributed by atoms with van der Waals surface area (Å²) in [6, 6.07) is 27.5. The summed E-state index contributed by atoms with van der Waals surface area (Å²) in [7, 11) is 1.56. The average molecular weight is 431 g/mol. The quantitative estimate of drug-likeness (QED) is 0.545. The molecule has 2 aliphatic heterocycles. The number of rotatable bonds is 4. The Morgan fingerprint density at radius 2 is 1.61 bits per heavy atom. The molecular weight excluding hydrogens is 410 g/mol. The second-order valence-electron chi connectivity index (χ2n) is 8.26. The lowest BCUT2D eigenvalue weighted by atomic mass is 9.69. The Balaban J connectivity index is 1.82. The van der Waals surface area contributed by atoms with Gasteiger partial charge in [0.05, 0.1) is 25.3 Å². The van der Waals surface area contributed by atoms with Gasteiger partial charge in [-0.3, -0.25) is 4.79 Å². The predicted octanol–water partition coefficient (Wildman–Crippen LogP) is 4.98. The number of hydrogen-bond donors (Lipinski definition) is 0. The normalized spacial score (nSPS) is 21.9. The van der Waals surface area contributed by atoms with Crippen LogP contribution in [0.1, 0.15) is 27.4 Å². The highest BCUT2D eigenvalue weighted by molar-refractivity contribution is 6.04. The van der Waals surface area contributed by atoms with Gasteiger partial charge in [-0.25, -0.2) is 0 Å². The number of nitriles is 2. The van der Waals surface area contributed by atoms with Gasteiger partial charge in [-0.15, -0.1) is 0 Å². The number of nitrogens with zero attached hydrogens (tertiary/aromatic N) is 3. The molecule has 1 fully saturated rings. The number of carbonyl (C=O) groups is 1. The van der Waals surface area contributed by atoms with E-state index >= 15 is 0 Å². The molecule has 2 heterocycles. The van der Waals surface area contributed by atoms with Crippen molar-refractivity contribution in [3.63, 3.8) is 0 Å². The van der Waals surface area contributed by atoms with Crippen LogP contribution in [0.2, 0.25) is 0 Å². The molecule has 3 atom stereocenters. The third kappa shape index (κ3) is 2.94. The van der Waals surface area contributed by atoms with E-state index in [-0.39, 0.29) is 5.78 Å². The third-order valence-corrected chi connectivity index (χ3v) is 6.72. The molecule has 0 amide bonds. The Hall–Kier alpha value is -4.35. The number of fused-ring (bicyclic) bond motifs is 3. The van der Waals surface area contributed by atoms with Crippen LogP contribution in [0.25, 0.3) is 6.08 Å². The van der Waals surface area contributed by atoms with Crippen LogP contribution in [0.15, 0.2) is 84.9 Å². The molecule has 0 N–H and O–H groups in total. The van der Waals surface area contributed by atoms with Crippen LogP contribution in [0, 0.1) is 28.1 Å². The first-order valence-corrected chi connectivity index (χ1v) is 10.8. The molecule has 33 heavy (non-hydrogen) atoms. The first-order valence-electron chi connectivity index (χ1n) is 10.8. The Bertz CT molecular complexity index is 1320. The second-order valence-corrected chi connectivity index (χ2v) is 8.26. The first kappa shape index (κ1) is 20.5. The number of ketones is 1.